The van der Waals surface area contributed by atoms with E-state index in [0.29, 0.717) is 6.42 Å². The summed E-state index contributed by atoms with van der Waals surface area (Å²) in [5, 5.41) is 3.03. The first kappa shape index (κ1) is 14.1. The summed E-state index contributed by atoms with van der Waals surface area (Å²) in [6.45, 7) is 5.40. The van der Waals surface area contributed by atoms with E-state index in [1.807, 2.05) is 24.3 Å². The maximum Gasteiger partial charge on any atom is 0.221 e. The van der Waals surface area contributed by atoms with Crippen LogP contribution in [0.1, 0.15) is 30.1 Å². The molecule has 0 aliphatic carbocycles. The van der Waals surface area contributed by atoms with E-state index in [2.05, 4.69) is 15.1 Å². The van der Waals surface area contributed by atoms with E-state index in [4.69, 9.17) is 0 Å². The molecule has 1 aromatic carbocycles. The van der Waals surface area contributed by atoms with Crippen molar-refractivity contribution in [1.29, 1.82) is 0 Å². The zero-order valence-electron chi connectivity index (χ0n) is 12.3. The van der Waals surface area contributed by atoms with Crippen LogP contribution >= 0.6 is 0 Å². The number of amides is 1. The second-order valence-corrected chi connectivity index (χ2v) is 5.75. The Hall–Kier alpha value is -1.88. The molecule has 2 aliphatic rings. The molecule has 5 heteroatoms. The van der Waals surface area contributed by atoms with Gasteiger partial charge in [-0.25, -0.2) is 0 Å². The van der Waals surface area contributed by atoms with Crippen molar-refractivity contribution in [2.45, 2.75) is 25.9 Å². The monoisotopic (exact) mass is 287 g/mol. The van der Waals surface area contributed by atoms with Crippen LogP contribution in [0.3, 0.4) is 0 Å². The molecule has 1 atom stereocenters. The molecule has 2 heterocycles. The fourth-order valence-corrected chi connectivity index (χ4v) is 3.07. The van der Waals surface area contributed by atoms with Crippen molar-refractivity contribution < 1.29 is 9.59 Å². The van der Waals surface area contributed by atoms with E-state index in [1.165, 1.54) is 0 Å². The number of benzene rings is 1. The zero-order valence-corrected chi connectivity index (χ0v) is 12.3. The summed E-state index contributed by atoms with van der Waals surface area (Å²) >= 11 is 0. The maximum atomic E-state index is 11.3. The van der Waals surface area contributed by atoms with Crippen LogP contribution in [0.2, 0.25) is 0 Å². The van der Waals surface area contributed by atoms with Gasteiger partial charge in [0, 0.05) is 43.9 Å². The number of carbonyl (C=O) groups excluding carboxylic acids is 2. The Kier molecular flexibility index (Phi) is 3.92. The third-order valence-electron chi connectivity index (χ3n) is 4.37. The van der Waals surface area contributed by atoms with Crippen LogP contribution < -0.4 is 10.2 Å². The molecular formula is C16H21N3O2. The van der Waals surface area contributed by atoms with Gasteiger partial charge in [-0.05, 0) is 37.6 Å². The Balaban J connectivity index is 1.58. The molecule has 0 aromatic heterocycles. The third kappa shape index (κ3) is 3.08. The van der Waals surface area contributed by atoms with E-state index < -0.39 is 0 Å². The average molecular weight is 287 g/mol. The predicted molar refractivity (Wildman–Crippen MR) is 81.4 cm³/mol. The van der Waals surface area contributed by atoms with Crippen LogP contribution in [-0.4, -0.2) is 48.9 Å². The number of nitrogens with one attached hydrogen (secondary N) is 1. The summed E-state index contributed by atoms with van der Waals surface area (Å²) in [6.07, 6.45) is 1.79. The fourth-order valence-electron chi connectivity index (χ4n) is 3.07. The lowest BCUT2D eigenvalue weighted by atomic mass is 10.1. The van der Waals surface area contributed by atoms with Gasteiger partial charge in [-0.2, -0.15) is 0 Å². The molecule has 2 fully saturated rings. The molecule has 21 heavy (non-hydrogen) atoms. The molecule has 0 radical (unpaired) electrons. The molecule has 2 saturated heterocycles. The van der Waals surface area contributed by atoms with Crippen LogP contribution in [-0.2, 0) is 4.79 Å². The van der Waals surface area contributed by atoms with Crippen molar-refractivity contribution in [2.75, 3.05) is 31.1 Å². The Labute approximate surface area is 124 Å². The first-order valence-corrected chi connectivity index (χ1v) is 7.53. The molecule has 0 saturated carbocycles. The van der Waals surface area contributed by atoms with Crippen LogP contribution in [0.15, 0.2) is 24.3 Å². The SMILES string of the molecule is CC(=O)c1ccc(N2CCN(C3CCC(=O)N3)CC2)cc1. The number of piperazine rings is 1. The molecule has 1 amide bonds. The Bertz CT molecular complexity index is 533. The highest BCUT2D eigenvalue weighted by atomic mass is 16.2. The summed E-state index contributed by atoms with van der Waals surface area (Å²) < 4.78 is 0. The Morgan fingerprint density at radius 2 is 1.81 bits per heavy atom. The van der Waals surface area contributed by atoms with Crippen LogP contribution in [0.25, 0.3) is 0 Å². The molecule has 2 aliphatic heterocycles. The maximum absolute atomic E-state index is 11.3. The standard InChI is InChI=1S/C16H21N3O2/c1-12(20)13-2-4-14(5-3-13)18-8-10-19(11-9-18)15-6-7-16(21)17-15/h2-5,15H,6-11H2,1H3,(H,17,21). The van der Waals surface area contributed by atoms with Crippen LogP contribution in [0.4, 0.5) is 5.69 Å². The van der Waals surface area contributed by atoms with Crippen molar-refractivity contribution >= 4 is 17.4 Å². The first-order chi connectivity index (χ1) is 10.1. The summed E-state index contributed by atoms with van der Waals surface area (Å²) in [4.78, 5) is 27.3. The molecule has 1 aromatic rings. The van der Waals surface area contributed by atoms with Gasteiger partial charge >= 0.3 is 0 Å². The van der Waals surface area contributed by atoms with Crippen molar-refractivity contribution in [2.24, 2.45) is 0 Å². The minimum atomic E-state index is 0.100. The topological polar surface area (TPSA) is 52.7 Å². The molecule has 0 bridgehead atoms. The van der Waals surface area contributed by atoms with Crippen molar-refractivity contribution in [3.63, 3.8) is 0 Å². The van der Waals surface area contributed by atoms with E-state index in [0.717, 1.165) is 43.9 Å². The number of nitrogens with zero attached hydrogens (tertiary/aromatic N) is 2. The van der Waals surface area contributed by atoms with Gasteiger partial charge in [-0.1, -0.05) is 0 Å². The normalized spacial score (nSPS) is 23.2. The fraction of sp³-hybridized carbons (Fsp3) is 0.500. The van der Waals surface area contributed by atoms with Gasteiger partial charge in [0.15, 0.2) is 5.78 Å². The Morgan fingerprint density at radius 1 is 1.14 bits per heavy atom. The second-order valence-electron chi connectivity index (χ2n) is 5.75. The van der Waals surface area contributed by atoms with Crippen molar-refractivity contribution in [3.8, 4) is 0 Å². The molecule has 3 rings (SSSR count). The van der Waals surface area contributed by atoms with Crippen molar-refractivity contribution in [1.82, 2.24) is 10.2 Å². The summed E-state index contributed by atoms with van der Waals surface area (Å²) in [7, 11) is 0. The number of ketones is 1. The minimum absolute atomic E-state index is 0.100. The number of hydrogen-bond donors (Lipinski definition) is 1. The largest absolute Gasteiger partial charge is 0.369 e. The number of anilines is 1. The highest BCUT2D eigenvalue weighted by Crippen LogP contribution is 2.20. The number of Topliss-reactive ketones (excluding diaryl/α,β-unsaturated/α-hetero) is 1. The van der Waals surface area contributed by atoms with Crippen molar-refractivity contribution in [3.05, 3.63) is 29.8 Å². The average Bonchev–Trinajstić information content (AvgIpc) is 2.94. The van der Waals surface area contributed by atoms with E-state index in [1.54, 1.807) is 6.92 Å². The number of carbonyl (C=O) groups is 2. The molecular weight excluding hydrogens is 266 g/mol. The van der Waals surface area contributed by atoms with E-state index in [-0.39, 0.29) is 17.9 Å². The molecule has 0 spiro atoms. The van der Waals surface area contributed by atoms with Crippen LogP contribution in [0, 0.1) is 0 Å². The summed E-state index contributed by atoms with van der Waals surface area (Å²) in [5.74, 6) is 0.269. The zero-order chi connectivity index (χ0) is 14.8. The molecule has 5 nitrogen and oxygen atoms in total. The van der Waals surface area contributed by atoms with Gasteiger partial charge in [0.2, 0.25) is 5.91 Å². The smallest absolute Gasteiger partial charge is 0.221 e. The highest BCUT2D eigenvalue weighted by Gasteiger charge is 2.29. The van der Waals surface area contributed by atoms with E-state index in [9.17, 15) is 9.59 Å². The quantitative estimate of drug-likeness (QED) is 0.850. The first-order valence-electron chi connectivity index (χ1n) is 7.53. The minimum Gasteiger partial charge on any atom is -0.369 e. The molecule has 1 unspecified atom stereocenters. The number of rotatable bonds is 3. The van der Waals surface area contributed by atoms with Gasteiger partial charge in [-0.15, -0.1) is 0 Å². The highest BCUT2D eigenvalue weighted by molar-refractivity contribution is 5.94. The van der Waals surface area contributed by atoms with E-state index >= 15 is 0 Å². The van der Waals surface area contributed by atoms with Crippen LogP contribution in [0.5, 0.6) is 0 Å². The lowest BCUT2D eigenvalue weighted by molar-refractivity contribution is -0.119. The van der Waals surface area contributed by atoms with Gasteiger partial charge < -0.3 is 10.2 Å². The predicted octanol–water partition coefficient (Wildman–Crippen LogP) is 1.25. The lowest BCUT2D eigenvalue weighted by Crippen LogP contribution is -2.53. The van der Waals surface area contributed by atoms with Gasteiger partial charge in [0.05, 0.1) is 6.17 Å². The summed E-state index contributed by atoms with van der Waals surface area (Å²) in [6, 6.07) is 7.82. The molecule has 112 valence electrons. The van der Waals surface area contributed by atoms with Gasteiger partial charge in [-0.3, -0.25) is 14.5 Å². The van der Waals surface area contributed by atoms with Gasteiger partial charge in [0.1, 0.15) is 0 Å². The van der Waals surface area contributed by atoms with Gasteiger partial charge in [0.25, 0.3) is 0 Å². The Morgan fingerprint density at radius 3 is 2.33 bits per heavy atom. The second kappa shape index (κ2) is 5.85. The third-order valence-corrected chi connectivity index (χ3v) is 4.37. The lowest BCUT2D eigenvalue weighted by Gasteiger charge is -2.38. The molecule has 1 N–H and O–H groups in total. The number of hydrogen-bond acceptors (Lipinski definition) is 4. The summed E-state index contributed by atoms with van der Waals surface area (Å²) in [5.41, 5.74) is 1.92.